The fourth-order valence-electron chi connectivity index (χ4n) is 0.974. The molecule has 0 bridgehead atoms. The van der Waals surface area contributed by atoms with Crippen LogP contribution in [0.15, 0.2) is 24.3 Å². The van der Waals surface area contributed by atoms with Crippen LogP contribution in [0.25, 0.3) is 0 Å². The van der Waals surface area contributed by atoms with Crippen molar-refractivity contribution < 1.29 is 0 Å². The van der Waals surface area contributed by atoms with Crippen LogP contribution in [-0.4, -0.2) is 0 Å². The smallest absolute Gasteiger partial charge is 0.0991 e. The van der Waals surface area contributed by atoms with Crippen LogP contribution in [0.2, 0.25) is 0 Å². The molecule has 0 spiro atoms. The van der Waals surface area contributed by atoms with Crippen LogP contribution in [0, 0.1) is 11.3 Å². The molecule has 1 aromatic rings. The number of nitrogens with zero attached hydrogens (tertiary/aromatic N) is 1. The van der Waals surface area contributed by atoms with Gasteiger partial charge in [-0.3, -0.25) is 0 Å². The SMILES string of the molecule is CC(C)(N)c1ccc(C#N)cc1.Cl. The van der Waals surface area contributed by atoms with Gasteiger partial charge in [0.05, 0.1) is 11.6 Å². The van der Waals surface area contributed by atoms with Crippen molar-refractivity contribution in [3.63, 3.8) is 0 Å². The van der Waals surface area contributed by atoms with E-state index >= 15 is 0 Å². The molecule has 1 rings (SSSR count). The van der Waals surface area contributed by atoms with Crippen molar-refractivity contribution in [2.45, 2.75) is 19.4 Å². The molecule has 0 unspecified atom stereocenters. The van der Waals surface area contributed by atoms with Crippen LogP contribution < -0.4 is 5.73 Å². The molecule has 70 valence electrons. The van der Waals surface area contributed by atoms with Crippen molar-refractivity contribution in [1.29, 1.82) is 5.26 Å². The number of hydrogen-bond donors (Lipinski definition) is 1. The van der Waals surface area contributed by atoms with Crippen molar-refractivity contribution in [2.24, 2.45) is 5.73 Å². The minimum atomic E-state index is -0.325. The molecule has 0 aliphatic heterocycles. The highest BCUT2D eigenvalue weighted by atomic mass is 35.5. The van der Waals surface area contributed by atoms with Gasteiger partial charge in [0.15, 0.2) is 0 Å². The Kier molecular flexibility index (Phi) is 3.93. The zero-order valence-corrected chi connectivity index (χ0v) is 8.56. The van der Waals surface area contributed by atoms with Crippen LogP contribution in [0.3, 0.4) is 0 Å². The molecule has 0 amide bonds. The molecule has 3 heteroatoms. The first-order chi connectivity index (χ1) is 5.54. The minimum absolute atomic E-state index is 0. The zero-order valence-electron chi connectivity index (χ0n) is 7.74. The van der Waals surface area contributed by atoms with E-state index in [1.807, 2.05) is 26.0 Å². The summed E-state index contributed by atoms with van der Waals surface area (Å²) in [5, 5.41) is 8.55. The maximum Gasteiger partial charge on any atom is 0.0991 e. The summed E-state index contributed by atoms with van der Waals surface area (Å²) in [4.78, 5) is 0. The lowest BCUT2D eigenvalue weighted by molar-refractivity contribution is 0.554. The van der Waals surface area contributed by atoms with E-state index in [-0.39, 0.29) is 17.9 Å². The number of hydrogen-bond acceptors (Lipinski definition) is 2. The van der Waals surface area contributed by atoms with E-state index in [1.165, 1.54) is 0 Å². The molecular weight excluding hydrogens is 184 g/mol. The van der Waals surface area contributed by atoms with Gasteiger partial charge in [0, 0.05) is 5.54 Å². The summed E-state index contributed by atoms with van der Waals surface area (Å²) in [6.45, 7) is 3.88. The van der Waals surface area contributed by atoms with Gasteiger partial charge < -0.3 is 5.73 Å². The van der Waals surface area contributed by atoms with Gasteiger partial charge >= 0.3 is 0 Å². The van der Waals surface area contributed by atoms with Crippen molar-refractivity contribution >= 4 is 12.4 Å². The van der Waals surface area contributed by atoms with Gasteiger partial charge in [0.1, 0.15) is 0 Å². The Morgan fingerprint density at radius 1 is 1.23 bits per heavy atom. The quantitative estimate of drug-likeness (QED) is 0.749. The van der Waals surface area contributed by atoms with Crippen LogP contribution >= 0.6 is 12.4 Å². The Hall–Kier alpha value is -1.04. The number of halogens is 1. The van der Waals surface area contributed by atoms with Gasteiger partial charge in [0.2, 0.25) is 0 Å². The highest BCUT2D eigenvalue weighted by Gasteiger charge is 2.12. The number of rotatable bonds is 1. The second kappa shape index (κ2) is 4.27. The summed E-state index contributed by atoms with van der Waals surface area (Å²) < 4.78 is 0. The van der Waals surface area contributed by atoms with Gasteiger partial charge in [-0.25, -0.2) is 0 Å². The summed E-state index contributed by atoms with van der Waals surface area (Å²) in [6, 6.07) is 9.40. The monoisotopic (exact) mass is 196 g/mol. The summed E-state index contributed by atoms with van der Waals surface area (Å²) in [6.07, 6.45) is 0. The van der Waals surface area contributed by atoms with Crippen LogP contribution in [0.1, 0.15) is 25.0 Å². The van der Waals surface area contributed by atoms with Gasteiger partial charge in [-0.2, -0.15) is 5.26 Å². The first-order valence-corrected chi connectivity index (χ1v) is 3.83. The summed E-state index contributed by atoms with van der Waals surface area (Å²) in [7, 11) is 0. The van der Waals surface area contributed by atoms with E-state index in [2.05, 4.69) is 6.07 Å². The summed E-state index contributed by atoms with van der Waals surface area (Å²) >= 11 is 0. The third-order valence-corrected chi connectivity index (χ3v) is 1.76. The molecule has 0 aliphatic rings. The molecule has 0 aliphatic carbocycles. The van der Waals surface area contributed by atoms with Gasteiger partial charge in [-0.1, -0.05) is 12.1 Å². The average molecular weight is 197 g/mol. The van der Waals surface area contributed by atoms with E-state index < -0.39 is 0 Å². The molecule has 1 aromatic carbocycles. The van der Waals surface area contributed by atoms with E-state index in [1.54, 1.807) is 12.1 Å². The number of nitrogens with two attached hydrogens (primary N) is 1. The molecular formula is C10H13ClN2. The molecule has 0 aromatic heterocycles. The third-order valence-electron chi connectivity index (χ3n) is 1.76. The van der Waals surface area contributed by atoms with Crippen LogP contribution in [0.5, 0.6) is 0 Å². The summed E-state index contributed by atoms with van der Waals surface area (Å²) in [5.74, 6) is 0. The van der Waals surface area contributed by atoms with E-state index in [9.17, 15) is 0 Å². The maximum atomic E-state index is 8.55. The van der Waals surface area contributed by atoms with Crippen molar-refractivity contribution in [3.8, 4) is 6.07 Å². The van der Waals surface area contributed by atoms with Crippen molar-refractivity contribution in [1.82, 2.24) is 0 Å². The lowest BCUT2D eigenvalue weighted by Crippen LogP contribution is -2.28. The van der Waals surface area contributed by atoms with Crippen molar-refractivity contribution in [2.75, 3.05) is 0 Å². The Balaban J connectivity index is 0.00000144. The fourth-order valence-corrected chi connectivity index (χ4v) is 0.974. The lowest BCUT2D eigenvalue weighted by atomic mass is 9.95. The minimum Gasteiger partial charge on any atom is -0.322 e. The molecule has 13 heavy (non-hydrogen) atoms. The van der Waals surface area contributed by atoms with E-state index in [0.29, 0.717) is 5.56 Å². The molecule has 0 saturated heterocycles. The highest BCUT2D eigenvalue weighted by molar-refractivity contribution is 5.85. The topological polar surface area (TPSA) is 49.8 Å². The summed E-state index contributed by atoms with van der Waals surface area (Å²) in [5.41, 5.74) is 7.25. The first kappa shape index (κ1) is 12.0. The number of nitriles is 1. The molecule has 0 saturated carbocycles. The second-order valence-electron chi connectivity index (χ2n) is 3.41. The van der Waals surface area contributed by atoms with Crippen LogP contribution in [-0.2, 0) is 5.54 Å². The van der Waals surface area contributed by atoms with Crippen LogP contribution in [0.4, 0.5) is 0 Å². The third kappa shape index (κ3) is 3.06. The van der Waals surface area contributed by atoms with E-state index in [0.717, 1.165) is 5.56 Å². The largest absolute Gasteiger partial charge is 0.322 e. The second-order valence-corrected chi connectivity index (χ2v) is 3.41. The highest BCUT2D eigenvalue weighted by Crippen LogP contribution is 2.16. The van der Waals surface area contributed by atoms with Gasteiger partial charge in [0.25, 0.3) is 0 Å². The normalized spacial score (nSPS) is 10.0. The molecule has 0 heterocycles. The maximum absolute atomic E-state index is 8.55. The predicted molar refractivity (Wildman–Crippen MR) is 55.6 cm³/mol. The lowest BCUT2D eigenvalue weighted by Gasteiger charge is -2.18. The van der Waals surface area contributed by atoms with E-state index in [4.69, 9.17) is 11.0 Å². The molecule has 2 N–H and O–H groups in total. The predicted octanol–water partition coefficient (Wildman–Crippen LogP) is 2.17. The Morgan fingerprint density at radius 3 is 2.00 bits per heavy atom. The Bertz CT molecular complexity index is 303. The zero-order chi connectivity index (χ0) is 9.19. The Morgan fingerprint density at radius 2 is 1.69 bits per heavy atom. The molecule has 0 atom stereocenters. The Labute approximate surface area is 84.8 Å². The molecule has 0 radical (unpaired) electrons. The molecule has 0 fully saturated rings. The number of benzene rings is 1. The van der Waals surface area contributed by atoms with Crippen molar-refractivity contribution in [3.05, 3.63) is 35.4 Å². The standard InChI is InChI=1S/C10H12N2.ClH/c1-10(2,12)9-5-3-8(7-11)4-6-9;/h3-6H,12H2,1-2H3;1H. The molecule has 2 nitrogen and oxygen atoms in total. The van der Waals surface area contributed by atoms with Gasteiger partial charge in [-0.05, 0) is 31.5 Å². The fraction of sp³-hybridized carbons (Fsp3) is 0.300. The van der Waals surface area contributed by atoms with Gasteiger partial charge in [-0.15, -0.1) is 12.4 Å². The first-order valence-electron chi connectivity index (χ1n) is 3.83. The average Bonchev–Trinajstić information content (AvgIpc) is 2.03.